The fourth-order valence-electron chi connectivity index (χ4n) is 4.27. The molecule has 3 fully saturated rings. The highest BCUT2D eigenvalue weighted by molar-refractivity contribution is 8.02. The van der Waals surface area contributed by atoms with Crippen molar-refractivity contribution < 1.29 is 34.5 Å². The summed E-state index contributed by atoms with van der Waals surface area (Å²) in [7, 11) is 0. The van der Waals surface area contributed by atoms with E-state index in [-0.39, 0.29) is 41.4 Å². The summed E-state index contributed by atoms with van der Waals surface area (Å²) in [5, 5.41) is 32.3. The Morgan fingerprint density at radius 1 is 1.33 bits per heavy atom. The first-order chi connectivity index (χ1) is 15.5. The Hall–Kier alpha value is -2.99. The highest BCUT2D eigenvalue weighted by Gasteiger charge is 2.60. The van der Waals surface area contributed by atoms with E-state index in [1.54, 1.807) is 6.92 Å². The van der Waals surface area contributed by atoms with Crippen molar-refractivity contribution in [3.63, 3.8) is 0 Å². The maximum atomic E-state index is 12.7. The van der Waals surface area contributed by atoms with Gasteiger partial charge in [-0.1, -0.05) is 11.6 Å². The molecule has 4 atom stereocenters. The molecule has 0 aromatic heterocycles. The van der Waals surface area contributed by atoms with Gasteiger partial charge in [-0.2, -0.15) is 5.10 Å². The standard InChI is InChI=1S/C20H21ClN4O7S/c1-20(16(19(31)32)25-12(27)6-13(25)33-20)8-22-23-17(29)9-4-5-24(7-9)18(30)10-2-3-11(26)15(28)14(10)21/h2-3,8-9,13,16,26,28H,4-7H2,1H3,(H,23,29)(H,31,32)/b22-8+/t9?,13-,16+,20+/m1/s1. The number of likely N-dealkylation sites (tertiary alicyclic amines) is 1. The van der Waals surface area contributed by atoms with Gasteiger partial charge in [0, 0.05) is 19.3 Å². The van der Waals surface area contributed by atoms with Gasteiger partial charge in [-0.25, -0.2) is 10.2 Å². The second kappa shape index (κ2) is 8.41. The van der Waals surface area contributed by atoms with Gasteiger partial charge >= 0.3 is 5.97 Å². The van der Waals surface area contributed by atoms with Crippen LogP contribution < -0.4 is 5.43 Å². The van der Waals surface area contributed by atoms with E-state index in [1.807, 2.05) is 0 Å². The molecule has 33 heavy (non-hydrogen) atoms. The minimum Gasteiger partial charge on any atom is -0.504 e. The molecule has 13 heteroatoms. The van der Waals surface area contributed by atoms with Crippen molar-refractivity contribution in [2.45, 2.75) is 35.9 Å². The van der Waals surface area contributed by atoms with E-state index < -0.39 is 46.0 Å². The lowest BCUT2D eigenvalue weighted by molar-refractivity contribution is -0.156. The van der Waals surface area contributed by atoms with E-state index in [4.69, 9.17) is 11.6 Å². The normalized spacial score (nSPS) is 28.7. The first kappa shape index (κ1) is 23.2. The van der Waals surface area contributed by atoms with Crippen LogP contribution in [0.25, 0.3) is 0 Å². The van der Waals surface area contributed by atoms with E-state index in [2.05, 4.69) is 10.5 Å². The molecule has 176 valence electrons. The number of nitrogens with one attached hydrogen (secondary N) is 1. The number of nitrogens with zero attached hydrogens (tertiary/aromatic N) is 3. The Morgan fingerprint density at radius 2 is 2.06 bits per heavy atom. The van der Waals surface area contributed by atoms with Crippen LogP contribution in [0.5, 0.6) is 11.5 Å². The molecule has 3 aliphatic heterocycles. The van der Waals surface area contributed by atoms with Gasteiger partial charge in [0.1, 0.15) is 6.04 Å². The number of hydrogen-bond donors (Lipinski definition) is 4. The summed E-state index contributed by atoms with van der Waals surface area (Å²) in [6, 6.07) is 1.39. The lowest BCUT2D eigenvalue weighted by Gasteiger charge is -2.36. The van der Waals surface area contributed by atoms with E-state index in [0.29, 0.717) is 6.42 Å². The highest BCUT2D eigenvalue weighted by atomic mass is 35.5. The fourth-order valence-corrected chi connectivity index (χ4v) is 6.14. The topological polar surface area (TPSA) is 160 Å². The second-order valence-corrected chi connectivity index (χ2v) is 10.3. The Kier molecular flexibility index (Phi) is 5.91. The van der Waals surface area contributed by atoms with E-state index in [1.165, 1.54) is 33.8 Å². The fraction of sp³-hybridized carbons (Fsp3) is 0.450. The monoisotopic (exact) mass is 496 g/mol. The summed E-state index contributed by atoms with van der Waals surface area (Å²) in [5.41, 5.74) is 2.42. The van der Waals surface area contributed by atoms with Crippen LogP contribution in [0.2, 0.25) is 5.02 Å². The van der Waals surface area contributed by atoms with Crippen molar-refractivity contribution in [1.82, 2.24) is 15.2 Å². The molecule has 0 bridgehead atoms. The van der Waals surface area contributed by atoms with Gasteiger partial charge in [-0.05, 0) is 25.5 Å². The van der Waals surface area contributed by atoms with Crippen LogP contribution in [0.4, 0.5) is 0 Å². The van der Waals surface area contributed by atoms with Crippen molar-refractivity contribution in [3.8, 4) is 11.5 Å². The maximum absolute atomic E-state index is 12.7. The number of β-lactam (4-membered cyclic amide) rings is 1. The third-order valence-corrected chi connectivity index (χ3v) is 7.94. The number of hydrogen-bond acceptors (Lipinski definition) is 8. The molecule has 3 amide bonds. The summed E-state index contributed by atoms with van der Waals surface area (Å²) in [5.74, 6) is -3.85. The third kappa shape index (κ3) is 3.97. The SMILES string of the molecule is C[C@@]1(/C=N/NC(=O)C2CCN(C(=O)c3ccc(O)c(O)c3Cl)C2)S[C@@H]2CC(=O)N2[C@H]1C(=O)O. The molecule has 4 rings (SSSR count). The predicted molar refractivity (Wildman–Crippen MR) is 118 cm³/mol. The average molecular weight is 497 g/mol. The number of phenols is 2. The molecular weight excluding hydrogens is 476 g/mol. The molecule has 0 saturated carbocycles. The van der Waals surface area contributed by atoms with E-state index in [9.17, 15) is 34.5 Å². The molecular formula is C20H21ClN4O7S. The quantitative estimate of drug-likeness (QED) is 0.202. The molecule has 3 heterocycles. The van der Waals surface area contributed by atoms with E-state index >= 15 is 0 Å². The zero-order valence-corrected chi connectivity index (χ0v) is 19.0. The minimum atomic E-state index is -1.14. The number of thioether (sulfide) groups is 1. The van der Waals surface area contributed by atoms with Crippen LogP contribution in [0.3, 0.4) is 0 Å². The smallest absolute Gasteiger partial charge is 0.328 e. The van der Waals surface area contributed by atoms with Crippen LogP contribution in [0.1, 0.15) is 30.1 Å². The number of aromatic hydroxyl groups is 2. The van der Waals surface area contributed by atoms with E-state index in [0.717, 1.165) is 6.07 Å². The number of fused-ring (bicyclic) bond motifs is 1. The molecule has 1 unspecified atom stereocenters. The molecule has 3 saturated heterocycles. The first-order valence-corrected chi connectivity index (χ1v) is 11.3. The zero-order chi connectivity index (χ0) is 24.1. The minimum absolute atomic E-state index is 0.0103. The molecule has 0 aliphatic carbocycles. The molecule has 0 radical (unpaired) electrons. The number of aliphatic carboxylic acids is 1. The van der Waals surface area contributed by atoms with Crippen molar-refractivity contribution in [2.75, 3.05) is 13.1 Å². The highest BCUT2D eigenvalue weighted by Crippen LogP contribution is 2.50. The molecule has 11 nitrogen and oxygen atoms in total. The van der Waals surface area contributed by atoms with Crippen molar-refractivity contribution in [3.05, 3.63) is 22.7 Å². The van der Waals surface area contributed by atoms with Crippen LogP contribution in [-0.2, 0) is 14.4 Å². The molecule has 0 spiro atoms. The van der Waals surface area contributed by atoms with Gasteiger partial charge < -0.3 is 25.1 Å². The van der Waals surface area contributed by atoms with Crippen molar-refractivity contribution >= 4 is 53.3 Å². The Labute approximate surface area is 197 Å². The number of hydrazone groups is 1. The zero-order valence-electron chi connectivity index (χ0n) is 17.4. The number of amides is 3. The van der Waals surface area contributed by atoms with Gasteiger partial charge in [0.25, 0.3) is 5.91 Å². The number of rotatable bonds is 5. The van der Waals surface area contributed by atoms with Crippen molar-refractivity contribution in [1.29, 1.82) is 0 Å². The lowest BCUT2D eigenvalue weighted by atomic mass is 9.97. The number of carboxylic acids is 1. The second-order valence-electron chi connectivity index (χ2n) is 8.27. The summed E-state index contributed by atoms with van der Waals surface area (Å²) in [6.07, 6.45) is 2.00. The van der Waals surface area contributed by atoms with Gasteiger partial charge in [0.05, 0.1) is 33.0 Å². The summed E-state index contributed by atoms with van der Waals surface area (Å²) < 4.78 is -0.995. The number of phenolic OH excluding ortho intramolecular Hbond substituents is 2. The van der Waals surface area contributed by atoms with Gasteiger partial charge in [0.15, 0.2) is 11.5 Å². The number of benzene rings is 1. The molecule has 1 aromatic carbocycles. The van der Waals surface area contributed by atoms with Gasteiger partial charge in [0.2, 0.25) is 11.8 Å². The maximum Gasteiger partial charge on any atom is 0.328 e. The van der Waals surface area contributed by atoms with Gasteiger partial charge in [-0.15, -0.1) is 11.8 Å². The molecule has 1 aromatic rings. The van der Waals surface area contributed by atoms with Crippen LogP contribution >= 0.6 is 23.4 Å². The van der Waals surface area contributed by atoms with Crippen molar-refractivity contribution in [2.24, 2.45) is 11.0 Å². The molecule has 3 aliphatic rings. The Morgan fingerprint density at radius 3 is 2.73 bits per heavy atom. The molecule has 4 N–H and O–H groups in total. The number of halogens is 1. The largest absolute Gasteiger partial charge is 0.504 e. The van der Waals surface area contributed by atoms with Crippen LogP contribution in [0, 0.1) is 5.92 Å². The Balaban J connectivity index is 1.37. The third-order valence-electron chi connectivity index (χ3n) is 6.06. The number of carbonyl (C=O) groups is 4. The predicted octanol–water partition coefficient (Wildman–Crippen LogP) is 0.832. The summed E-state index contributed by atoms with van der Waals surface area (Å²) in [4.78, 5) is 51.5. The van der Waals surface area contributed by atoms with Crippen LogP contribution in [0.15, 0.2) is 17.2 Å². The summed E-state index contributed by atoms with van der Waals surface area (Å²) in [6.45, 7) is 2.04. The number of carbonyl (C=O) groups excluding carboxylic acids is 3. The first-order valence-electron chi connectivity index (χ1n) is 10.1. The average Bonchev–Trinajstić information content (AvgIpc) is 3.33. The summed E-state index contributed by atoms with van der Waals surface area (Å²) >= 11 is 7.27. The van der Waals surface area contributed by atoms with Gasteiger partial charge in [-0.3, -0.25) is 14.4 Å². The lowest BCUT2D eigenvalue weighted by Crippen LogP contribution is -2.57. The van der Waals surface area contributed by atoms with Crippen LogP contribution in [-0.4, -0.2) is 84.3 Å². The number of carboxylic acid groups (broad SMARTS) is 1. The Bertz CT molecular complexity index is 1080.